The Bertz CT molecular complexity index is 839. The van der Waals surface area contributed by atoms with Crippen LogP contribution in [0.15, 0.2) is 59.6 Å². The number of aliphatic imine (C=N–C) groups is 1. The number of amides is 1. The molecule has 0 aliphatic carbocycles. The number of hydrogen-bond donors (Lipinski definition) is 2. The Kier molecular flexibility index (Phi) is 10.4. The number of hydrogen-bond acceptors (Lipinski definition) is 4. The van der Waals surface area contributed by atoms with E-state index in [1.54, 1.807) is 14.2 Å². The van der Waals surface area contributed by atoms with Gasteiger partial charge in [-0.2, -0.15) is 0 Å². The van der Waals surface area contributed by atoms with Crippen molar-refractivity contribution >= 4 is 41.5 Å². The fourth-order valence-corrected chi connectivity index (χ4v) is 3.56. The lowest BCUT2D eigenvalue weighted by Gasteiger charge is -2.38. The van der Waals surface area contributed by atoms with Crippen LogP contribution in [0.1, 0.15) is 12.0 Å². The zero-order valence-corrected chi connectivity index (χ0v) is 20.5. The van der Waals surface area contributed by atoms with Crippen LogP contribution in [0.3, 0.4) is 0 Å². The minimum absolute atomic E-state index is 0. The molecular formula is C23H32IN5O2. The summed E-state index contributed by atoms with van der Waals surface area (Å²) in [6, 6.07) is 18.0. The standard InChI is InChI=1S/C23H31N5O2.HI/c1-24-23(25-13-12-22(29)26-18-19-8-4-3-5-9-19)28-16-14-27(15-17-28)20-10-6-7-11-21(20)30-2;/h3-11H,12-18H2,1-2H3,(H,24,25)(H,26,29);1H. The van der Waals surface area contributed by atoms with Crippen LogP contribution < -0.4 is 20.3 Å². The molecule has 2 aromatic carbocycles. The van der Waals surface area contributed by atoms with Gasteiger partial charge in [-0.1, -0.05) is 42.5 Å². The molecule has 0 atom stereocenters. The van der Waals surface area contributed by atoms with Gasteiger partial charge in [0.05, 0.1) is 12.8 Å². The van der Waals surface area contributed by atoms with Crippen molar-refractivity contribution < 1.29 is 9.53 Å². The van der Waals surface area contributed by atoms with Gasteiger partial charge in [-0.05, 0) is 17.7 Å². The molecule has 31 heavy (non-hydrogen) atoms. The van der Waals surface area contributed by atoms with Crippen molar-refractivity contribution in [3.63, 3.8) is 0 Å². The van der Waals surface area contributed by atoms with Crippen LogP contribution in [0.4, 0.5) is 5.69 Å². The number of rotatable bonds is 7. The van der Waals surface area contributed by atoms with Gasteiger partial charge in [-0.25, -0.2) is 0 Å². The summed E-state index contributed by atoms with van der Waals surface area (Å²) in [6.45, 7) is 4.60. The van der Waals surface area contributed by atoms with Gasteiger partial charge >= 0.3 is 0 Å². The molecule has 0 saturated carbocycles. The lowest BCUT2D eigenvalue weighted by molar-refractivity contribution is -0.121. The molecule has 1 amide bonds. The minimum atomic E-state index is 0. The SMILES string of the molecule is CN=C(NCCC(=O)NCc1ccccc1)N1CCN(c2ccccc2OC)CC1.I. The van der Waals surface area contributed by atoms with E-state index < -0.39 is 0 Å². The number of para-hydroxylation sites is 2. The van der Waals surface area contributed by atoms with E-state index in [4.69, 9.17) is 4.74 Å². The first kappa shape index (κ1) is 24.8. The highest BCUT2D eigenvalue weighted by molar-refractivity contribution is 14.0. The van der Waals surface area contributed by atoms with Crippen molar-refractivity contribution in [1.82, 2.24) is 15.5 Å². The lowest BCUT2D eigenvalue weighted by Crippen LogP contribution is -2.53. The highest BCUT2D eigenvalue weighted by Crippen LogP contribution is 2.28. The Morgan fingerprint density at radius 3 is 2.35 bits per heavy atom. The molecule has 0 unspecified atom stereocenters. The largest absolute Gasteiger partial charge is 0.495 e. The van der Waals surface area contributed by atoms with Gasteiger partial charge in [-0.3, -0.25) is 9.79 Å². The van der Waals surface area contributed by atoms with Gasteiger partial charge in [0.15, 0.2) is 5.96 Å². The molecule has 2 N–H and O–H groups in total. The molecule has 2 aromatic rings. The second-order valence-electron chi connectivity index (χ2n) is 7.13. The van der Waals surface area contributed by atoms with E-state index in [0.717, 1.165) is 49.1 Å². The lowest BCUT2D eigenvalue weighted by atomic mass is 10.2. The average molecular weight is 537 g/mol. The summed E-state index contributed by atoms with van der Waals surface area (Å²) in [5.41, 5.74) is 2.22. The van der Waals surface area contributed by atoms with Crippen LogP contribution in [0.2, 0.25) is 0 Å². The predicted octanol–water partition coefficient (Wildman–Crippen LogP) is 2.72. The molecule has 8 heteroatoms. The smallest absolute Gasteiger partial charge is 0.222 e. The molecule has 3 rings (SSSR count). The Morgan fingerprint density at radius 2 is 1.68 bits per heavy atom. The first-order chi connectivity index (χ1) is 14.7. The van der Waals surface area contributed by atoms with E-state index in [0.29, 0.717) is 19.5 Å². The monoisotopic (exact) mass is 537 g/mol. The summed E-state index contributed by atoms with van der Waals surface area (Å²) in [6.07, 6.45) is 0.410. The minimum Gasteiger partial charge on any atom is -0.495 e. The van der Waals surface area contributed by atoms with Crippen molar-refractivity contribution in [3.05, 3.63) is 60.2 Å². The van der Waals surface area contributed by atoms with Crippen molar-refractivity contribution in [2.45, 2.75) is 13.0 Å². The van der Waals surface area contributed by atoms with Crippen molar-refractivity contribution in [3.8, 4) is 5.75 Å². The zero-order chi connectivity index (χ0) is 21.2. The predicted molar refractivity (Wildman–Crippen MR) is 136 cm³/mol. The van der Waals surface area contributed by atoms with E-state index in [1.807, 2.05) is 48.5 Å². The number of guanidine groups is 1. The number of carbonyl (C=O) groups is 1. The number of halogens is 1. The van der Waals surface area contributed by atoms with Crippen molar-refractivity contribution in [1.29, 1.82) is 0 Å². The number of methoxy groups -OCH3 is 1. The van der Waals surface area contributed by atoms with Gasteiger partial charge < -0.3 is 25.2 Å². The summed E-state index contributed by atoms with van der Waals surface area (Å²) >= 11 is 0. The number of ether oxygens (including phenoxy) is 1. The molecular weight excluding hydrogens is 505 g/mol. The molecule has 7 nitrogen and oxygen atoms in total. The van der Waals surface area contributed by atoms with Gasteiger partial charge in [-0.15, -0.1) is 24.0 Å². The normalized spacial score (nSPS) is 13.9. The molecule has 1 saturated heterocycles. The topological polar surface area (TPSA) is 69.2 Å². The number of nitrogens with zero attached hydrogens (tertiary/aromatic N) is 3. The Morgan fingerprint density at radius 1 is 1.00 bits per heavy atom. The summed E-state index contributed by atoms with van der Waals surface area (Å²) < 4.78 is 5.49. The van der Waals surface area contributed by atoms with Gasteiger partial charge in [0.25, 0.3) is 0 Å². The van der Waals surface area contributed by atoms with Gasteiger partial charge in [0.2, 0.25) is 5.91 Å². The maximum atomic E-state index is 12.1. The molecule has 1 aliphatic heterocycles. The molecule has 1 aliphatic rings. The second kappa shape index (κ2) is 13.0. The van der Waals surface area contributed by atoms with Crippen LogP contribution >= 0.6 is 24.0 Å². The first-order valence-corrected chi connectivity index (χ1v) is 10.4. The van der Waals surface area contributed by atoms with E-state index in [1.165, 1.54) is 0 Å². The zero-order valence-electron chi connectivity index (χ0n) is 18.2. The number of anilines is 1. The molecule has 0 bridgehead atoms. The second-order valence-corrected chi connectivity index (χ2v) is 7.13. The van der Waals surface area contributed by atoms with Crippen LogP contribution in [-0.2, 0) is 11.3 Å². The fraction of sp³-hybridized carbons (Fsp3) is 0.391. The third-order valence-electron chi connectivity index (χ3n) is 5.18. The molecule has 1 fully saturated rings. The Hall–Kier alpha value is -2.49. The van der Waals surface area contributed by atoms with Crippen LogP contribution in [-0.4, -0.2) is 63.6 Å². The van der Waals surface area contributed by atoms with Crippen molar-refractivity contribution in [2.24, 2.45) is 4.99 Å². The third-order valence-corrected chi connectivity index (χ3v) is 5.18. The molecule has 168 valence electrons. The highest BCUT2D eigenvalue weighted by atomic mass is 127. The fourth-order valence-electron chi connectivity index (χ4n) is 3.56. The Labute approximate surface area is 201 Å². The van der Waals surface area contributed by atoms with Crippen LogP contribution in [0.25, 0.3) is 0 Å². The number of piperazine rings is 1. The van der Waals surface area contributed by atoms with Crippen LogP contribution in [0.5, 0.6) is 5.75 Å². The summed E-state index contributed by atoms with van der Waals surface area (Å²) in [7, 11) is 3.49. The number of benzene rings is 2. The van der Waals surface area contributed by atoms with Gasteiger partial charge in [0.1, 0.15) is 5.75 Å². The summed E-state index contributed by atoms with van der Waals surface area (Å²) in [5.74, 6) is 1.77. The number of carbonyl (C=O) groups excluding carboxylic acids is 1. The maximum absolute atomic E-state index is 12.1. The van der Waals surface area contributed by atoms with E-state index >= 15 is 0 Å². The van der Waals surface area contributed by atoms with Crippen molar-refractivity contribution in [2.75, 3.05) is 51.8 Å². The highest BCUT2D eigenvalue weighted by Gasteiger charge is 2.21. The van der Waals surface area contributed by atoms with E-state index in [-0.39, 0.29) is 29.9 Å². The maximum Gasteiger partial charge on any atom is 0.222 e. The average Bonchev–Trinajstić information content (AvgIpc) is 2.81. The number of nitrogens with one attached hydrogen (secondary N) is 2. The molecule has 0 spiro atoms. The first-order valence-electron chi connectivity index (χ1n) is 10.4. The molecule has 0 aromatic heterocycles. The Balaban J connectivity index is 0.00000341. The van der Waals surface area contributed by atoms with E-state index in [2.05, 4.69) is 31.5 Å². The third kappa shape index (κ3) is 7.30. The van der Waals surface area contributed by atoms with Crippen LogP contribution in [0, 0.1) is 0 Å². The quantitative estimate of drug-likeness (QED) is 0.323. The molecule has 0 radical (unpaired) electrons. The summed E-state index contributed by atoms with van der Waals surface area (Å²) in [5, 5.41) is 6.27. The molecule has 1 heterocycles. The van der Waals surface area contributed by atoms with E-state index in [9.17, 15) is 4.79 Å². The van der Waals surface area contributed by atoms with Gasteiger partial charge in [0, 0.05) is 52.7 Å². The summed E-state index contributed by atoms with van der Waals surface area (Å²) in [4.78, 5) is 21.1.